The van der Waals surface area contributed by atoms with E-state index in [4.69, 9.17) is 10.7 Å². The quantitative estimate of drug-likeness (QED) is 0.426. The van der Waals surface area contributed by atoms with Gasteiger partial charge in [0.2, 0.25) is 0 Å². The molecular formula is C5H2BrClINO2S. The van der Waals surface area contributed by atoms with Gasteiger partial charge in [0.15, 0.2) is 5.03 Å². The maximum Gasteiger partial charge on any atom is 0.278 e. The first-order valence-electron chi connectivity index (χ1n) is 2.67. The maximum absolute atomic E-state index is 10.8. The van der Waals surface area contributed by atoms with E-state index in [-0.39, 0.29) is 5.03 Å². The van der Waals surface area contributed by atoms with Crippen molar-refractivity contribution in [3.05, 3.63) is 20.3 Å². The molecule has 1 rings (SSSR count). The zero-order chi connectivity index (χ0) is 9.35. The van der Waals surface area contributed by atoms with Crippen molar-refractivity contribution in [3.63, 3.8) is 0 Å². The van der Waals surface area contributed by atoms with Crippen molar-refractivity contribution in [1.29, 1.82) is 0 Å². The molecule has 0 fully saturated rings. The molecule has 1 heterocycles. The van der Waals surface area contributed by atoms with Gasteiger partial charge in [-0.05, 0) is 34.7 Å². The SMILES string of the molecule is O=S(=O)(Cl)c1cc(Br)cc(I)n1. The molecular weight excluding hydrogens is 380 g/mol. The van der Waals surface area contributed by atoms with Crippen molar-refractivity contribution in [2.45, 2.75) is 5.03 Å². The lowest BCUT2D eigenvalue weighted by Gasteiger charge is -1.96. The van der Waals surface area contributed by atoms with Crippen LogP contribution in [0.2, 0.25) is 0 Å². The molecule has 7 heteroatoms. The molecule has 0 atom stereocenters. The van der Waals surface area contributed by atoms with Crippen LogP contribution in [-0.2, 0) is 9.05 Å². The first-order valence-corrected chi connectivity index (χ1v) is 6.85. The summed E-state index contributed by atoms with van der Waals surface area (Å²) in [7, 11) is 1.37. The minimum absolute atomic E-state index is 0.136. The zero-order valence-corrected chi connectivity index (χ0v) is 10.8. The van der Waals surface area contributed by atoms with Crippen LogP contribution < -0.4 is 0 Å². The molecule has 0 radical (unpaired) electrons. The molecule has 1 aromatic heterocycles. The summed E-state index contributed by atoms with van der Waals surface area (Å²) in [6.07, 6.45) is 0. The Morgan fingerprint density at radius 3 is 2.50 bits per heavy atom. The summed E-state index contributed by atoms with van der Waals surface area (Å²) < 4.78 is 22.8. The van der Waals surface area contributed by atoms with Gasteiger partial charge in [0.1, 0.15) is 3.70 Å². The van der Waals surface area contributed by atoms with Gasteiger partial charge in [-0.2, -0.15) is 0 Å². The van der Waals surface area contributed by atoms with Crippen molar-refractivity contribution in [2.24, 2.45) is 0 Å². The summed E-state index contributed by atoms with van der Waals surface area (Å²) in [6, 6.07) is 3.04. The fraction of sp³-hybridized carbons (Fsp3) is 0. The molecule has 0 saturated carbocycles. The monoisotopic (exact) mass is 381 g/mol. The lowest BCUT2D eigenvalue weighted by atomic mass is 10.5. The third kappa shape index (κ3) is 2.82. The van der Waals surface area contributed by atoms with Crippen LogP contribution in [0.3, 0.4) is 0 Å². The molecule has 0 aliphatic carbocycles. The number of nitrogens with zero attached hydrogens (tertiary/aromatic N) is 1. The minimum atomic E-state index is -3.72. The first-order chi connectivity index (χ1) is 5.39. The van der Waals surface area contributed by atoms with Crippen LogP contribution in [0.1, 0.15) is 0 Å². The van der Waals surface area contributed by atoms with Crippen molar-refractivity contribution < 1.29 is 8.42 Å². The molecule has 0 aromatic carbocycles. The van der Waals surface area contributed by atoms with E-state index in [1.165, 1.54) is 6.07 Å². The maximum atomic E-state index is 10.8. The predicted octanol–water partition coefficient (Wildman–Crippen LogP) is 2.38. The third-order valence-corrected chi connectivity index (χ3v) is 3.18. The highest BCUT2D eigenvalue weighted by Gasteiger charge is 2.12. The summed E-state index contributed by atoms with van der Waals surface area (Å²) in [6.45, 7) is 0. The first kappa shape index (κ1) is 10.7. The van der Waals surface area contributed by atoms with Gasteiger partial charge < -0.3 is 0 Å². The molecule has 0 saturated heterocycles. The normalized spacial score (nSPS) is 11.6. The van der Waals surface area contributed by atoms with E-state index >= 15 is 0 Å². The van der Waals surface area contributed by atoms with Crippen LogP contribution in [0, 0.1) is 3.70 Å². The highest BCUT2D eigenvalue weighted by molar-refractivity contribution is 14.1. The second-order valence-electron chi connectivity index (χ2n) is 1.88. The molecule has 66 valence electrons. The molecule has 0 unspecified atom stereocenters. The van der Waals surface area contributed by atoms with Gasteiger partial charge in [-0.3, -0.25) is 0 Å². The molecule has 0 aliphatic rings. The Morgan fingerprint density at radius 1 is 1.50 bits per heavy atom. The van der Waals surface area contributed by atoms with Crippen molar-refractivity contribution in [1.82, 2.24) is 4.98 Å². The molecule has 1 aromatic rings. The fourth-order valence-corrected chi connectivity index (χ4v) is 3.05. The number of hydrogen-bond acceptors (Lipinski definition) is 3. The number of halogens is 3. The Balaban J connectivity index is 3.37. The second-order valence-corrected chi connectivity index (χ2v) is 6.42. The Hall–Kier alpha value is 0.600. The molecule has 0 aliphatic heterocycles. The van der Waals surface area contributed by atoms with Crippen LogP contribution in [0.5, 0.6) is 0 Å². The van der Waals surface area contributed by atoms with Gasteiger partial charge in [0, 0.05) is 15.2 Å². The summed E-state index contributed by atoms with van der Waals surface area (Å²) >= 11 is 5.04. The Bertz CT molecular complexity index is 388. The van der Waals surface area contributed by atoms with Gasteiger partial charge in [0.05, 0.1) is 0 Å². The minimum Gasteiger partial charge on any atom is -0.229 e. The van der Waals surface area contributed by atoms with Crippen molar-refractivity contribution in [2.75, 3.05) is 0 Å². The molecule has 0 bridgehead atoms. The lowest BCUT2D eigenvalue weighted by molar-refractivity contribution is 0.606. The fourth-order valence-electron chi connectivity index (χ4n) is 0.568. The van der Waals surface area contributed by atoms with Crippen molar-refractivity contribution in [3.8, 4) is 0 Å². The second kappa shape index (κ2) is 3.77. The van der Waals surface area contributed by atoms with E-state index < -0.39 is 9.05 Å². The van der Waals surface area contributed by atoms with Crippen LogP contribution in [0.25, 0.3) is 0 Å². The Labute approximate surface area is 96.2 Å². The van der Waals surface area contributed by atoms with Crippen molar-refractivity contribution >= 4 is 58.3 Å². The average molecular weight is 382 g/mol. The highest BCUT2D eigenvalue weighted by atomic mass is 127. The number of rotatable bonds is 1. The molecule has 0 spiro atoms. The van der Waals surface area contributed by atoms with Gasteiger partial charge in [-0.15, -0.1) is 0 Å². The summed E-state index contributed by atoms with van der Waals surface area (Å²) in [5.74, 6) is 0. The number of pyridine rings is 1. The molecule has 0 amide bonds. The standard InChI is InChI=1S/C5H2BrClINO2S/c6-3-1-4(8)9-5(2-3)12(7,10)11/h1-2H. The molecule has 3 nitrogen and oxygen atoms in total. The van der Waals surface area contributed by atoms with Gasteiger partial charge in [-0.25, -0.2) is 13.4 Å². The number of aromatic nitrogens is 1. The van der Waals surface area contributed by atoms with Gasteiger partial charge in [0.25, 0.3) is 9.05 Å². The lowest BCUT2D eigenvalue weighted by Crippen LogP contribution is -1.96. The number of hydrogen-bond donors (Lipinski definition) is 0. The van der Waals surface area contributed by atoms with E-state index in [0.29, 0.717) is 8.17 Å². The smallest absolute Gasteiger partial charge is 0.229 e. The van der Waals surface area contributed by atoms with E-state index in [2.05, 4.69) is 20.9 Å². The summed E-state index contributed by atoms with van der Waals surface area (Å²) in [5, 5.41) is -0.136. The van der Waals surface area contributed by atoms with Gasteiger partial charge in [-0.1, -0.05) is 15.9 Å². The van der Waals surface area contributed by atoms with E-state index in [0.717, 1.165) is 0 Å². The molecule has 12 heavy (non-hydrogen) atoms. The van der Waals surface area contributed by atoms with Crippen LogP contribution >= 0.6 is 49.2 Å². The summed E-state index contributed by atoms with van der Waals surface area (Å²) in [5.41, 5.74) is 0. The van der Waals surface area contributed by atoms with E-state index in [1.807, 2.05) is 22.6 Å². The third-order valence-electron chi connectivity index (χ3n) is 0.985. The Morgan fingerprint density at radius 2 is 2.08 bits per heavy atom. The highest BCUT2D eigenvalue weighted by Crippen LogP contribution is 2.19. The Kier molecular flexibility index (Phi) is 3.35. The predicted molar refractivity (Wildman–Crippen MR) is 57.7 cm³/mol. The van der Waals surface area contributed by atoms with E-state index in [1.54, 1.807) is 6.07 Å². The zero-order valence-electron chi connectivity index (χ0n) is 5.46. The van der Waals surface area contributed by atoms with E-state index in [9.17, 15) is 8.42 Å². The van der Waals surface area contributed by atoms with Crippen LogP contribution in [0.15, 0.2) is 21.6 Å². The van der Waals surface area contributed by atoms with Gasteiger partial charge >= 0.3 is 0 Å². The van der Waals surface area contributed by atoms with Crippen LogP contribution in [-0.4, -0.2) is 13.4 Å². The average Bonchev–Trinajstić information content (AvgIpc) is 1.82. The van der Waals surface area contributed by atoms with Crippen LogP contribution in [0.4, 0.5) is 0 Å². The summed E-state index contributed by atoms with van der Waals surface area (Å²) in [4.78, 5) is 3.74. The molecule has 0 N–H and O–H groups in total. The topological polar surface area (TPSA) is 47.0 Å². The largest absolute Gasteiger partial charge is 0.278 e.